The molecule has 0 bridgehead atoms. The Morgan fingerprint density at radius 1 is 1.20 bits per heavy atom. The van der Waals surface area contributed by atoms with Crippen LogP contribution < -0.4 is 0 Å². The summed E-state index contributed by atoms with van der Waals surface area (Å²) in [5.74, 6) is -0.536. The number of hydrogen-bond acceptors (Lipinski definition) is 2. The van der Waals surface area contributed by atoms with Crippen LogP contribution in [0, 0.1) is 0 Å². The second-order valence-corrected chi connectivity index (χ2v) is 4.91. The monoisotopic (exact) mass is 338 g/mol. The third-order valence-electron chi connectivity index (χ3n) is 2.46. The summed E-state index contributed by atoms with van der Waals surface area (Å²) in [6, 6.07) is 7.69. The minimum Gasteiger partial charge on any atom is -0.343 e. The maximum atomic E-state index is 5.86. The van der Waals surface area contributed by atoms with Crippen molar-refractivity contribution < 1.29 is 9.47 Å². The van der Waals surface area contributed by atoms with Crippen molar-refractivity contribution in [3.8, 4) is 0 Å². The quantitative estimate of drug-likeness (QED) is 0.621. The highest BCUT2D eigenvalue weighted by Crippen LogP contribution is 2.35. The summed E-state index contributed by atoms with van der Waals surface area (Å²) in [6.07, 6.45) is 0.870. The van der Waals surface area contributed by atoms with Crippen LogP contribution >= 0.6 is 34.2 Å². The van der Waals surface area contributed by atoms with Crippen molar-refractivity contribution in [1.82, 2.24) is 0 Å². The number of halogens is 2. The summed E-state index contributed by atoms with van der Waals surface area (Å²) in [6.45, 7) is 1.33. The average Bonchev–Trinajstić information content (AvgIpc) is 2.69. The molecule has 0 radical (unpaired) electrons. The van der Waals surface area contributed by atoms with Crippen molar-refractivity contribution in [3.63, 3.8) is 0 Å². The third kappa shape index (κ3) is 2.46. The number of hydrogen-bond donors (Lipinski definition) is 0. The maximum Gasteiger partial charge on any atom is 0.195 e. The van der Waals surface area contributed by atoms with Crippen molar-refractivity contribution in [2.75, 3.05) is 17.6 Å². The molecule has 0 aliphatic carbocycles. The van der Waals surface area contributed by atoms with Crippen LogP contribution in [0.2, 0.25) is 5.02 Å². The predicted octanol–water partition coefficient (Wildman–Crippen LogP) is 3.36. The number of benzene rings is 1. The highest BCUT2D eigenvalue weighted by atomic mass is 127. The molecular formula is C11H12ClIO2. The van der Waals surface area contributed by atoms with Gasteiger partial charge in [0.05, 0.1) is 13.2 Å². The van der Waals surface area contributed by atoms with Gasteiger partial charge in [0, 0.05) is 21.4 Å². The summed E-state index contributed by atoms with van der Waals surface area (Å²) < 4.78 is 12.5. The smallest absolute Gasteiger partial charge is 0.195 e. The van der Waals surface area contributed by atoms with Gasteiger partial charge in [-0.15, -0.1) is 0 Å². The molecule has 2 rings (SSSR count). The molecule has 0 aromatic heterocycles. The van der Waals surface area contributed by atoms with E-state index in [0.717, 1.165) is 21.4 Å². The lowest BCUT2D eigenvalue weighted by atomic mass is 10.0. The van der Waals surface area contributed by atoms with E-state index in [1.807, 2.05) is 24.3 Å². The number of rotatable bonds is 3. The molecule has 0 unspecified atom stereocenters. The Bertz CT molecular complexity index is 320. The summed E-state index contributed by atoms with van der Waals surface area (Å²) in [4.78, 5) is 0. The van der Waals surface area contributed by atoms with Crippen LogP contribution in [-0.2, 0) is 15.3 Å². The fraction of sp³-hybridized carbons (Fsp3) is 0.455. The lowest BCUT2D eigenvalue weighted by molar-refractivity contribution is -0.166. The Morgan fingerprint density at radius 3 is 2.33 bits per heavy atom. The van der Waals surface area contributed by atoms with E-state index in [9.17, 15) is 0 Å². The Kier molecular flexibility index (Phi) is 3.88. The second-order valence-electron chi connectivity index (χ2n) is 3.40. The molecule has 1 fully saturated rings. The predicted molar refractivity (Wildman–Crippen MR) is 68.5 cm³/mol. The fourth-order valence-corrected chi connectivity index (χ4v) is 2.57. The first-order valence-corrected chi connectivity index (χ1v) is 6.77. The Morgan fingerprint density at radius 2 is 1.80 bits per heavy atom. The van der Waals surface area contributed by atoms with Gasteiger partial charge in [-0.25, -0.2) is 0 Å². The largest absolute Gasteiger partial charge is 0.343 e. The van der Waals surface area contributed by atoms with Crippen molar-refractivity contribution >= 4 is 34.2 Å². The molecular weight excluding hydrogens is 326 g/mol. The van der Waals surface area contributed by atoms with Gasteiger partial charge < -0.3 is 9.47 Å². The molecule has 1 aliphatic heterocycles. The van der Waals surface area contributed by atoms with Crippen LogP contribution in [-0.4, -0.2) is 17.6 Å². The normalized spacial score (nSPS) is 19.3. The highest BCUT2D eigenvalue weighted by Gasteiger charge is 2.37. The molecule has 82 valence electrons. The van der Waals surface area contributed by atoms with Crippen LogP contribution in [0.5, 0.6) is 0 Å². The van der Waals surface area contributed by atoms with E-state index in [1.165, 1.54) is 0 Å². The van der Waals surface area contributed by atoms with Crippen LogP contribution in [0.4, 0.5) is 0 Å². The van der Waals surface area contributed by atoms with E-state index >= 15 is 0 Å². The zero-order valence-corrected chi connectivity index (χ0v) is 11.1. The molecule has 1 saturated heterocycles. The molecule has 2 nitrogen and oxygen atoms in total. The van der Waals surface area contributed by atoms with Crippen molar-refractivity contribution in [3.05, 3.63) is 34.9 Å². The molecule has 0 spiro atoms. The molecule has 0 N–H and O–H groups in total. The average molecular weight is 339 g/mol. The first-order chi connectivity index (χ1) is 7.27. The number of ether oxygens (including phenoxy) is 2. The standard InChI is InChI=1S/C11H12ClIO2/c12-10-3-1-9(2-4-10)11(5-6-13)14-7-8-15-11/h1-4H,5-8H2. The van der Waals surface area contributed by atoms with E-state index in [-0.39, 0.29) is 0 Å². The first kappa shape index (κ1) is 11.6. The van der Waals surface area contributed by atoms with E-state index < -0.39 is 5.79 Å². The summed E-state index contributed by atoms with van der Waals surface area (Å²) in [7, 11) is 0. The molecule has 0 amide bonds. The summed E-state index contributed by atoms with van der Waals surface area (Å²) in [5, 5.41) is 0.737. The van der Waals surface area contributed by atoms with E-state index in [4.69, 9.17) is 21.1 Å². The maximum absolute atomic E-state index is 5.86. The van der Waals surface area contributed by atoms with Crippen LogP contribution in [0.3, 0.4) is 0 Å². The minimum atomic E-state index is -0.536. The van der Waals surface area contributed by atoms with Gasteiger partial charge in [0.15, 0.2) is 5.79 Å². The van der Waals surface area contributed by atoms with Gasteiger partial charge in [-0.3, -0.25) is 0 Å². The van der Waals surface area contributed by atoms with Crippen LogP contribution in [0.25, 0.3) is 0 Å². The first-order valence-electron chi connectivity index (χ1n) is 4.87. The highest BCUT2D eigenvalue weighted by molar-refractivity contribution is 14.1. The number of alkyl halides is 1. The lowest BCUT2D eigenvalue weighted by Crippen LogP contribution is -2.27. The fourth-order valence-electron chi connectivity index (χ4n) is 1.74. The van der Waals surface area contributed by atoms with Crippen LogP contribution in [0.1, 0.15) is 12.0 Å². The summed E-state index contributed by atoms with van der Waals surface area (Å²) in [5.41, 5.74) is 1.06. The Labute approximate surface area is 108 Å². The zero-order chi connectivity index (χ0) is 10.7. The Balaban J connectivity index is 2.28. The molecule has 1 aromatic carbocycles. The topological polar surface area (TPSA) is 18.5 Å². The zero-order valence-electron chi connectivity index (χ0n) is 8.21. The van der Waals surface area contributed by atoms with E-state index in [2.05, 4.69) is 22.6 Å². The van der Waals surface area contributed by atoms with E-state index in [1.54, 1.807) is 0 Å². The van der Waals surface area contributed by atoms with Gasteiger partial charge in [0.2, 0.25) is 0 Å². The molecule has 0 saturated carbocycles. The molecule has 1 aliphatic rings. The van der Waals surface area contributed by atoms with Crippen LogP contribution in [0.15, 0.2) is 24.3 Å². The molecule has 15 heavy (non-hydrogen) atoms. The van der Waals surface area contributed by atoms with Gasteiger partial charge >= 0.3 is 0 Å². The van der Waals surface area contributed by atoms with E-state index in [0.29, 0.717) is 13.2 Å². The summed E-state index contributed by atoms with van der Waals surface area (Å²) >= 11 is 8.19. The SMILES string of the molecule is Clc1ccc(C2(CCI)OCCO2)cc1. The molecule has 1 aromatic rings. The van der Waals surface area contributed by atoms with Crippen molar-refractivity contribution in [1.29, 1.82) is 0 Å². The second kappa shape index (κ2) is 4.99. The van der Waals surface area contributed by atoms with Gasteiger partial charge in [-0.1, -0.05) is 46.3 Å². The van der Waals surface area contributed by atoms with Gasteiger partial charge in [-0.2, -0.15) is 0 Å². The lowest BCUT2D eigenvalue weighted by Gasteiger charge is -2.27. The van der Waals surface area contributed by atoms with Gasteiger partial charge in [0.1, 0.15) is 0 Å². The van der Waals surface area contributed by atoms with Crippen molar-refractivity contribution in [2.45, 2.75) is 12.2 Å². The van der Waals surface area contributed by atoms with Gasteiger partial charge in [-0.05, 0) is 12.1 Å². The minimum absolute atomic E-state index is 0.536. The van der Waals surface area contributed by atoms with Crippen molar-refractivity contribution in [2.24, 2.45) is 0 Å². The third-order valence-corrected chi connectivity index (χ3v) is 3.25. The Hall–Kier alpha value is 0.160. The molecule has 1 heterocycles. The molecule has 4 heteroatoms. The molecule has 0 atom stereocenters. The van der Waals surface area contributed by atoms with Gasteiger partial charge in [0.25, 0.3) is 0 Å².